The van der Waals surface area contributed by atoms with Crippen molar-refractivity contribution in [2.24, 2.45) is 0 Å². The predicted molar refractivity (Wildman–Crippen MR) is 66.3 cm³/mol. The van der Waals surface area contributed by atoms with Crippen LogP contribution in [0.5, 0.6) is 0 Å². The van der Waals surface area contributed by atoms with Crippen molar-refractivity contribution in [2.45, 2.75) is 33.4 Å². The molecule has 5 heteroatoms. The molecule has 17 heavy (non-hydrogen) atoms. The zero-order chi connectivity index (χ0) is 12.7. The first-order valence-corrected chi connectivity index (χ1v) is 5.97. The van der Waals surface area contributed by atoms with Gasteiger partial charge in [-0.05, 0) is 32.9 Å². The highest BCUT2D eigenvalue weighted by molar-refractivity contribution is 5.81. The molecule has 1 rings (SSSR count). The van der Waals surface area contributed by atoms with E-state index in [0.717, 1.165) is 18.8 Å². The fourth-order valence-electron chi connectivity index (χ4n) is 1.58. The number of aromatic nitrogens is 2. The van der Waals surface area contributed by atoms with Crippen molar-refractivity contribution in [1.82, 2.24) is 20.4 Å². The standard InChI is InChI=1S/C12H20N4O/c1-4-16(5-2)12(17)10(3)13-9-11-7-6-8-14-15-11/h6-8,10,13H,4-5,9H2,1-3H3. The minimum Gasteiger partial charge on any atom is -0.342 e. The van der Waals surface area contributed by atoms with Gasteiger partial charge >= 0.3 is 0 Å². The second-order valence-electron chi connectivity index (χ2n) is 3.83. The molecule has 0 saturated carbocycles. The van der Waals surface area contributed by atoms with Gasteiger partial charge in [-0.2, -0.15) is 10.2 Å². The van der Waals surface area contributed by atoms with Gasteiger partial charge in [0.15, 0.2) is 0 Å². The third-order valence-corrected chi connectivity index (χ3v) is 2.66. The summed E-state index contributed by atoms with van der Waals surface area (Å²) in [5.41, 5.74) is 0.840. The van der Waals surface area contributed by atoms with Crippen LogP contribution in [0.25, 0.3) is 0 Å². The minimum atomic E-state index is -0.197. The molecule has 1 N–H and O–H groups in total. The van der Waals surface area contributed by atoms with Gasteiger partial charge in [-0.15, -0.1) is 0 Å². The number of likely N-dealkylation sites (N-methyl/N-ethyl adjacent to an activating group) is 1. The predicted octanol–water partition coefficient (Wildman–Crippen LogP) is 0.823. The van der Waals surface area contributed by atoms with E-state index >= 15 is 0 Å². The summed E-state index contributed by atoms with van der Waals surface area (Å²) < 4.78 is 0. The molecule has 0 aliphatic rings. The van der Waals surface area contributed by atoms with Crippen molar-refractivity contribution in [3.63, 3.8) is 0 Å². The lowest BCUT2D eigenvalue weighted by atomic mass is 10.2. The Morgan fingerprint density at radius 1 is 1.47 bits per heavy atom. The molecule has 0 aliphatic heterocycles. The van der Waals surface area contributed by atoms with Crippen LogP contribution in [0.3, 0.4) is 0 Å². The maximum Gasteiger partial charge on any atom is 0.239 e. The SMILES string of the molecule is CCN(CC)C(=O)C(C)NCc1cccnn1. The Bertz CT molecular complexity index is 338. The topological polar surface area (TPSA) is 58.1 Å². The molecule has 1 aromatic heterocycles. The molecular weight excluding hydrogens is 216 g/mol. The van der Waals surface area contributed by atoms with Crippen LogP contribution in [0, 0.1) is 0 Å². The first kappa shape index (κ1) is 13.6. The highest BCUT2D eigenvalue weighted by atomic mass is 16.2. The number of hydrogen-bond acceptors (Lipinski definition) is 4. The van der Waals surface area contributed by atoms with E-state index in [2.05, 4.69) is 15.5 Å². The summed E-state index contributed by atoms with van der Waals surface area (Å²) in [7, 11) is 0. The molecule has 0 saturated heterocycles. The summed E-state index contributed by atoms with van der Waals surface area (Å²) >= 11 is 0. The molecule has 0 radical (unpaired) electrons. The van der Waals surface area contributed by atoms with Crippen molar-refractivity contribution < 1.29 is 4.79 Å². The molecule has 0 aliphatic carbocycles. The molecule has 0 spiro atoms. The van der Waals surface area contributed by atoms with E-state index in [1.165, 1.54) is 0 Å². The molecule has 1 aromatic rings. The summed E-state index contributed by atoms with van der Waals surface area (Å²) in [6.07, 6.45) is 1.63. The van der Waals surface area contributed by atoms with Gasteiger partial charge in [0.2, 0.25) is 5.91 Å². The van der Waals surface area contributed by atoms with Crippen molar-refractivity contribution >= 4 is 5.91 Å². The Morgan fingerprint density at radius 3 is 2.71 bits per heavy atom. The van der Waals surface area contributed by atoms with Crippen LogP contribution in [0.2, 0.25) is 0 Å². The second-order valence-corrected chi connectivity index (χ2v) is 3.83. The Kier molecular flexibility index (Phi) is 5.56. The van der Waals surface area contributed by atoms with Gasteiger partial charge in [0.25, 0.3) is 0 Å². The van der Waals surface area contributed by atoms with Gasteiger partial charge in [-0.3, -0.25) is 4.79 Å². The average Bonchev–Trinajstić information content (AvgIpc) is 2.38. The summed E-state index contributed by atoms with van der Waals surface area (Å²) in [5, 5.41) is 10.9. The Labute approximate surface area is 102 Å². The molecule has 1 atom stereocenters. The quantitative estimate of drug-likeness (QED) is 0.794. The Balaban J connectivity index is 2.44. The van der Waals surface area contributed by atoms with E-state index in [9.17, 15) is 4.79 Å². The molecule has 0 fully saturated rings. The first-order chi connectivity index (χ1) is 8.19. The van der Waals surface area contributed by atoms with Crippen LogP contribution < -0.4 is 5.32 Å². The molecule has 94 valence electrons. The molecule has 1 unspecified atom stereocenters. The Hall–Kier alpha value is -1.49. The summed E-state index contributed by atoms with van der Waals surface area (Å²) in [6.45, 7) is 7.88. The molecule has 1 heterocycles. The van der Waals surface area contributed by atoms with Gasteiger partial charge < -0.3 is 10.2 Å². The van der Waals surface area contributed by atoms with Crippen LogP contribution in [0.4, 0.5) is 0 Å². The van der Waals surface area contributed by atoms with Crippen LogP contribution in [0.1, 0.15) is 26.5 Å². The smallest absolute Gasteiger partial charge is 0.239 e. The minimum absolute atomic E-state index is 0.124. The lowest BCUT2D eigenvalue weighted by molar-refractivity contribution is -0.132. The van der Waals surface area contributed by atoms with E-state index in [1.54, 1.807) is 6.20 Å². The van der Waals surface area contributed by atoms with E-state index in [4.69, 9.17) is 0 Å². The van der Waals surface area contributed by atoms with Crippen LogP contribution in [0.15, 0.2) is 18.3 Å². The molecule has 5 nitrogen and oxygen atoms in total. The number of rotatable bonds is 6. The van der Waals surface area contributed by atoms with Crippen molar-refractivity contribution in [2.75, 3.05) is 13.1 Å². The van der Waals surface area contributed by atoms with Gasteiger partial charge in [0.05, 0.1) is 11.7 Å². The van der Waals surface area contributed by atoms with Crippen molar-refractivity contribution in [1.29, 1.82) is 0 Å². The monoisotopic (exact) mass is 236 g/mol. The maximum absolute atomic E-state index is 12.0. The number of amides is 1. The molecule has 0 aromatic carbocycles. The Morgan fingerprint density at radius 2 is 2.18 bits per heavy atom. The van der Waals surface area contributed by atoms with E-state index in [-0.39, 0.29) is 11.9 Å². The van der Waals surface area contributed by atoms with Gasteiger partial charge in [-0.1, -0.05) is 0 Å². The number of nitrogens with one attached hydrogen (secondary N) is 1. The lowest BCUT2D eigenvalue weighted by Gasteiger charge is -2.23. The summed E-state index contributed by atoms with van der Waals surface area (Å²) in [4.78, 5) is 13.8. The van der Waals surface area contributed by atoms with Gasteiger partial charge in [0.1, 0.15) is 0 Å². The normalized spacial score (nSPS) is 12.2. The lowest BCUT2D eigenvalue weighted by Crippen LogP contribution is -2.44. The largest absolute Gasteiger partial charge is 0.342 e. The third-order valence-electron chi connectivity index (χ3n) is 2.66. The summed E-state index contributed by atoms with van der Waals surface area (Å²) in [5.74, 6) is 0.124. The van der Waals surface area contributed by atoms with Crippen molar-refractivity contribution in [3.8, 4) is 0 Å². The second kappa shape index (κ2) is 6.96. The van der Waals surface area contributed by atoms with Crippen LogP contribution in [-0.4, -0.2) is 40.1 Å². The molecular formula is C12H20N4O. The van der Waals surface area contributed by atoms with E-state index < -0.39 is 0 Å². The fourth-order valence-corrected chi connectivity index (χ4v) is 1.58. The first-order valence-electron chi connectivity index (χ1n) is 5.97. The van der Waals surface area contributed by atoms with E-state index in [1.807, 2.05) is 37.8 Å². The highest BCUT2D eigenvalue weighted by Gasteiger charge is 2.17. The highest BCUT2D eigenvalue weighted by Crippen LogP contribution is 1.97. The van der Waals surface area contributed by atoms with E-state index in [0.29, 0.717) is 6.54 Å². The maximum atomic E-state index is 12.0. The molecule has 0 bridgehead atoms. The third kappa shape index (κ3) is 4.11. The number of carbonyl (C=O) groups excluding carboxylic acids is 1. The zero-order valence-corrected chi connectivity index (χ0v) is 10.7. The average molecular weight is 236 g/mol. The summed E-state index contributed by atoms with van der Waals surface area (Å²) in [6, 6.07) is 3.52. The number of hydrogen-bond donors (Lipinski definition) is 1. The van der Waals surface area contributed by atoms with Crippen LogP contribution >= 0.6 is 0 Å². The van der Waals surface area contributed by atoms with Gasteiger partial charge in [-0.25, -0.2) is 0 Å². The number of nitrogens with zero attached hydrogens (tertiary/aromatic N) is 3. The number of carbonyl (C=O) groups is 1. The fraction of sp³-hybridized carbons (Fsp3) is 0.583. The zero-order valence-electron chi connectivity index (χ0n) is 10.7. The molecule has 1 amide bonds. The van der Waals surface area contributed by atoms with Crippen LogP contribution in [-0.2, 0) is 11.3 Å². The van der Waals surface area contributed by atoms with Crippen molar-refractivity contribution in [3.05, 3.63) is 24.0 Å². The van der Waals surface area contributed by atoms with Gasteiger partial charge in [0, 0.05) is 25.8 Å².